The van der Waals surface area contributed by atoms with E-state index in [1.807, 2.05) is 24.3 Å². The Kier molecular flexibility index (Phi) is 4.06. The molecule has 0 atom stereocenters. The maximum absolute atomic E-state index is 12.5. The standard InChI is InChI=1S/C16H13NO4S2/c1-21-16(18)15-14(8-9-22-15)17-23(19,20)13-7-6-11-4-2-3-5-12(11)10-13/h2-10,17H,1H3. The number of esters is 1. The summed E-state index contributed by atoms with van der Waals surface area (Å²) < 4.78 is 32.2. The van der Waals surface area contributed by atoms with Gasteiger partial charge in [0, 0.05) is 0 Å². The van der Waals surface area contributed by atoms with E-state index >= 15 is 0 Å². The highest BCUT2D eigenvalue weighted by Gasteiger charge is 2.20. The van der Waals surface area contributed by atoms with Crippen LogP contribution < -0.4 is 4.72 Å². The van der Waals surface area contributed by atoms with Crippen LogP contribution in [0.5, 0.6) is 0 Å². The van der Waals surface area contributed by atoms with E-state index in [1.165, 1.54) is 19.2 Å². The predicted molar refractivity (Wildman–Crippen MR) is 90.4 cm³/mol. The topological polar surface area (TPSA) is 72.5 Å². The molecular weight excluding hydrogens is 334 g/mol. The van der Waals surface area contributed by atoms with E-state index in [-0.39, 0.29) is 15.5 Å². The van der Waals surface area contributed by atoms with Crippen LogP contribution in [0.3, 0.4) is 0 Å². The Morgan fingerprint density at radius 2 is 1.83 bits per heavy atom. The molecule has 0 amide bonds. The van der Waals surface area contributed by atoms with Crippen molar-refractivity contribution in [3.63, 3.8) is 0 Å². The van der Waals surface area contributed by atoms with Crippen LogP contribution in [-0.2, 0) is 14.8 Å². The first-order valence-corrected chi connectivity index (χ1v) is 9.05. The Bertz CT molecular complexity index is 976. The fraction of sp³-hybridized carbons (Fsp3) is 0.0625. The van der Waals surface area contributed by atoms with Crippen LogP contribution in [0.2, 0.25) is 0 Å². The summed E-state index contributed by atoms with van der Waals surface area (Å²) >= 11 is 1.12. The van der Waals surface area contributed by atoms with Gasteiger partial charge >= 0.3 is 5.97 Å². The number of carbonyl (C=O) groups excluding carboxylic acids is 1. The molecule has 0 bridgehead atoms. The zero-order chi connectivity index (χ0) is 16.4. The zero-order valence-electron chi connectivity index (χ0n) is 12.1. The lowest BCUT2D eigenvalue weighted by Gasteiger charge is -2.09. The second-order valence-electron chi connectivity index (χ2n) is 4.77. The van der Waals surface area contributed by atoms with Crippen molar-refractivity contribution in [3.05, 3.63) is 58.8 Å². The highest BCUT2D eigenvalue weighted by Crippen LogP contribution is 2.27. The van der Waals surface area contributed by atoms with Gasteiger partial charge in [0.15, 0.2) is 0 Å². The van der Waals surface area contributed by atoms with Gasteiger partial charge in [0.05, 0.1) is 17.7 Å². The van der Waals surface area contributed by atoms with Gasteiger partial charge in [0.25, 0.3) is 10.0 Å². The van der Waals surface area contributed by atoms with Crippen LogP contribution in [0.15, 0.2) is 58.8 Å². The molecule has 0 radical (unpaired) electrons. The van der Waals surface area contributed by atoms with Crippen molar-refractivity contribution in [1.82, 2.24) is 0 Å². The average Bonchev–Trinajstić information content (AvgIpc) is 3.01. The van der Waals surface area contributed by atoms with Gasteiger partial charge in [-0.05, 0) is 34.4 Å². The highest BCUT2D eigenvalue weighted by molar-refractivity contribution is 7.92. The zero-order valence-corrected chi connectivity index (χ0v) is 13.8. The minimum atomic E-state index is -3.79. The predicted octanol–water partition coefficient (Wildman–Crippen LogP) is 3.49. The van der Waals surface area contributed by atoms with Crippen molar-refractivity contribution in [2.24, 2.45) is 0 Å². The summed E-state index contributed by atoms with van der Waals surface area (Å²) in [6.45, 7) is 0. The first-order valence-electron chi connectivity index (χ1n) is 6.69. The molecule has 0 fully saturated rings. The second kappa shape index (κ2) is 6.02. The number of benzene rings is 2. The Hall–Kier alpha value is -2.38. The third-order valence-electron chi connectivity index (χ3n) is 3.31. The van der Waals surface area contributed by atoms with Crippen molar-refractivity contribution in [3.8, 4) is 0 Å². The molecule has 0 aliphatic heterocycles. The van der Waals surface area contributed by atoms with E-state index in [1.54, 1.807) is 17.5 Å². The molecule has 2 aromatic carbocycles. The Balaban J connectivity index is 1.98. The number of methoxy groups -OCH3 is 1. The Labute approximate surface area is 137 Å². The van der Waals surface area contributed by atoms with Gasteiger partial charge < -0.3 is 4.74 Å². The van der Waals surface area contributed by atoms with Gasteiger partial charge in [-0.2, -0.15) is 0 Å². The summed E-state index contributed by atoms with van der Waals surface area (Å²) in [5.74, 6) is -0.573. The van der Waals surface area contributed by atoms with E-state index in [2.05, 4.69) is 9.46 Å². The number of nitrogens with one attached hydrogen (secondary N) is 1. The van der Waals surface area contributed by atoms with Gasteiger partial charge in [-0.25, -0.2) is 13.2 Å². The number of thiophene rings is 1. The Morgan fingerprint density at radius 3 is 2.57 bits per heavy atom. The number of sulfonamides is 1. The van der Waals surface area contributed by atoms with Crippen LogP contribution in [0, 0.1) is 0 Å². The van der Waals surface area contributed by atoms with Gasteiger partial charge in [-0.3, -0.25) is 4.72 Å². The van der Waals surface area contributed by atoms with Crippen LogP contribution in [-0.4, -0.2) is 21.5 Å². The minimum absolute atomic E-state index is 0.137. The van der Waals surface area contributed by atoms with E-state index in [4.69, 9.17) is 0 Å². The maximum Gasteiger partial charge on any atom is 0.350 e. The minimum Gasteiger partial charge on any atom is -0.465 e. The van der Waals surface area contributed by atoms with Gasteiger partial charge in [-0.15, -0.1) is 11.3 Å². The van der Waals surface area contributed by atoms with Crippen LogP contribution in [0.1, 0.15) is 9.67 Å². The van der Waals surface area contributed by atoms with Gasteiger partial charge in [0.2, 0.25) is 0 Å². The van der Waals surface area contributed by atoms with Gasteiger partial charge in [0.1, 0.15) is 4.88 Å². The summed E-state index contributed by atoms with van der Waals surface area (Å²) in [7, 11) is -2.54. The maximum atomic E-state index is 12.5. The van der Waals surface area contributed by atoms with Crippen molar-refractivity contribution >= 4 is 43.8 Å². The Morgan fingerprint density at radius 1 is 1.09 bits per heavy atom. The molecule has 7 heteroatoms. The molecule has 0 aliphatic carbocycles. The molecule has 0 spiro atoms. The van der Waals surface area contributed by atoms with Crippen LogP contribution in [0.4, 0.5) is 5.69 Å². The molecule has 0 unspecified atom stereocenters. The molecule has 1 aromatic heterocycles. The normalized spacial score (nSPS) is 11.3. The summed E-state index contributed by atoms with van der Waals surface area (Å²) in [5.41, 5.74) is 0.218. The van der Waals surface area contributed by atoms with E-state index < -0.39 is 16.0 Å². The third kappa shape index (κ3) is 3.06. The lowest BCUT2D eigenvalue weighted by molar-refractivity contribution is 0.0607. The van der Waals surface area contributed by atoms with Crippen LogP contribution in [0.25, 0.3) is 10.8 Å². The molecule has 1 N–H and O–H groups in total. The van der Waals surface area contributed by atoms with Crippen molar-refractivity contribution < 1.29 is 17.9 Å². The third-order valence-corrected chi connectivity index (χ3v) is 5.57. The van der Waals surface area contributed by atoms with Crippen LogP contribution >= 0.6 is 11.3 Å². The molecule has 0 aliphatic rings. The van der Waals surface area contributed by atoms with Crippen molar-refractivity contribution in [1.29, 1.82) is 0 Å². The molecule has 23 heavy (non-hydrogen) atoms. The molecule has 118 valence electrons. The van der Waals surface area contributed by atoms with Crippen molar-refractivity contribution in [2.45, 2.75) is 4.90 Å². The number of rotatable bonds is 4. The highest BCUT2D eigenvalue weighted by atomic mass is 32.2. The number of hydrogen-bond donors (Lipinski definition) is 1. The molecule has 1 heterocycles. The van der Waals surface area contributed by atoms with E-state index in [0.29, 0.717) is 0 Å². The number of hydrogen-bond acceptors (Lipinski definition) is 5. The molecule has 0 saturated carbocycles. The number of fused-ring (bicyclic) bond motifs is 1. The molecule has 5 nitrogen and oxygen atoms in total. The first kappa shape index (κ1) is 15.5. The smallest absolute Gasteiger partial charge is 0.350 e. The van der Waals surface area contributed by atoms with Crippen molar-refractivity contribution in [2.75, 3.05) is 11.8 Å². The SMILES string of the molecule is COC(=O)c1sccc1NS(=O)(=O)c1ccc2ccccc2c1. The monoisotopic (exact) mass is 347 g/mol. The fourth-order valence-corrected chi connectivity index (χ4v) is 4.12. The molecule has 3 rings (SSSR count). The molecular formula is C16H13NO4S2. The van der Waals surface area contributed by atoms with Gasteiger partial charge in [-0.1, -0.05) is 30.3 Å². The number of anilines is 1. The summed E-state index contributed by atoms with van der Waals surface area (Å²) in [4.78, 5) is 12.0. The second-order valence-corrected chi connectivity index (χ2v) is 7.37. The quantitative estimate of drug-likeness (QED) is 0.733. The molecule has 0 saturated heterocycles. The fourth-order valence-electron chi connectivity index (χ4n) is 2.18. The summed E-state index contributed by atoms with van der Waals surface area (Å²) in [6, 6.07) is 13.9. The molecule has 3 aromatic rings. The lowest BCUT2D eigenvalue weighted by Crippen LogP contribution is -2.14. The first-order chi connectivity index (χ1) is 11.0. The van der Waals surface area contributed by atoms with E-state index in [0.717, 1.165) is 22.1 Å². The summed E-state index contributed by atoms with van der Waals surface area (Å²) in [5, 5.41) is 3.41. The average molecular weight is 347 g/mol. The van der Waals surface area contributed by atoms with E-state index in [9.17, 15) is 13.2 Å². The lowest BCUT2D eigenvalue weighted by atomic mass is 10.1. The summed E-state index contributed by atoms with van der Waals surface area (Å²) in [6.07, 6.45) is 0. The number of carbonyl (C=O) groups is 1. The number of ether oxygens (including phenoxy) is 1. The largest absolute Gasteiger partial charge is 0.465 e.